The zero-order valence-corrected chi connectivity index (χ0v) is 9.93. The first-order chi connectivity index (χ1) is 6.53. The smallest absolute Gasteiger partial charge is 0.0637 e. The molecule has 2 nitrogen and oxygen atoms in total. The van der Waals surface area contributed by atoms with Gasteiger partial charge in [0, 0.05) is 13.2 Å². The van der Waals surface area contributed by atoms with Gasteiger partial charge in [-0.05, 0) is 49.1 Å². The molecule has 0 spiro atoms. The minimum absolute atomic E-state index is 0.116. The number of methoxy groups -OCH3 is 1. The van der Waals surface area contributed by atoms with Crippen LogP contribution in [-0.4, -0.2) is 18.8 Å². The van der Waals surface area contributed by atoms with E-state index in [0.717, 1.165) is 12.8 Å². The van der Waals surface area contributed by atoms with Crippen molar-refractivity contribution in [3.05, 3.63) is 22.4 Å². The lowest BCUT2D eigenvalue weighted by Crippen LogP contribution is -2.34. The molecular formula is C11H19NOS. The van der Waals surface area contributed by atoms with Crippen molar-refractivity contribution in [1.29, 1.82) is 0 Å². The maximum Gasteiger partial charge on any atom is 0.0637 e. The summed E-state index contributed by atoms with van der Waals surface area (Å²) in [6, 6.07) is 2.31. The molecule has 0 saturated carbocycles. The molecular weight excluding hydrogens is 194 g/mol. The number of hydrogen-bond donors (Lipinski definition) is 1. The van der Waals surface area contributed by atoms with Crippen molar-refractivity contribution in [1.82, 2.24) is 0 Å². The predicted molar refractivity (Wildman–Crippen MR) is 61.7 cm³/mol. The van der Waals surface area contributed by atoms with Crippen molar-refractivity contribution >= 4 is 11.3 Å². The van der Waals surface area contributed by atoms with Gasteiger partial charge in [-0.2, -0.15) is 11.3 Å². The first kappa shape index (κ1) is 11.7. The topological polar surface area (TPSA) is 35.2 Å². The maximum absolute atomic E-state index is 6.05. The molecule has 0 amide bonds. The Morgan fingerprint density at radius 1 is 1.57 bits per heavy atom. The minimum Gasteiger partial charge on any atom is -0.379 e. The predicted octanol–water partition coefficient (Wildman–Crippen LogP) is 2.43. The molecule has 3 heteroatoms. The average molecular weight is 213 g/mol. The van der Waals surface area contributed by atoms with Crippen LogP contribution < -0.4 is 5.73 Å². The highest BCUT2D eigenvalue weighted by Crippen LogP contribution is 2.17. The van der Waals surface area contributed by atoms with Crippen LogP contribution in [0.4, 0.5) is 0 Å². The molecule has 2 N–H and O–H groups in total. The Bertz CT molecular complexity index is 256. The largest absolute Gasteiger partial charge is 0.379 e. The quantitative estimate of drug-likeness (QED) is 0.815. The second-order valence-electron chi connectivity index (χ2n) is 4.26. The summed E-state index contributed by atoms with van der Waals surface area (Å²) in [7, 11) is 1.73. The van der Waals surface area contributed by atoms with Gasteiger partial charge < -0.3 is 10.5 Å². The lowest BCUT2D eigenvalue weighted by atomic mass is 9.96. The summed E-state index contributed by atoms with van der Waals surface area (Å²) in [5.41, 5.74) is 7.26. The Kier molecular flexibility index (Phi) is 4.11. The number of rotatable bonds is 5. The summed E-state index contributed by atoms with van der Waals surface area (Å²) in [5, 5.41) is 4.24. The standard InChI is InChI=1S/C11H19NOS/c1-11(2,13-3)7-10(12)6-9-4-5-14-8-9/h4-5,8,10H,6-7,12H2,1-3H3. The molecule has 0 aliphatic carbocycles. The van der Waals surface area contributed by atoms with E-state index in [9.17, 15) is 0 Å². The first-order valence-electron chi connectivity index (χ1n) is 4.85. The van der Waals surface area contributed by atoms with Crippen LogP contribution in [0, 0.1) is 0 Å². The third-order valence-electron chi connectivity index (χ3n) is 2.38. The van der Waals surface area contributed by atoms with Gasteiger partial charge >= 0.3 is 0 Å². The van der Waals surface area contributed by atoms with E-state index in [0.29, 0.717) is 0 Å². The third kappa shape index (κ3) is 3.78. The van der Waals surface area contributed by atoms with E-state index >= 15 is 0 Å². The highest BCUT2D eigenvalue weighted by molar-refractivity contribution is 7.07. The van der Waals surface area contributed by atoms with Gasteiger partial charge in [-0.15, -0.1) is 0 Å². The van der Waals surface area contributed by atoms with Crippen molar-refractivity contribution in [2.75, 3.05) is 7.11 Å². The van der Waals surface area contributed by atoms with E-state index in [1.54, 1.807) is 18.4 Å². The molecule has 0 aliphatic heterocycles. The molecule has 0 radical (unpaired) electrons. The maximum atomic E-state index is 6.05. The minimum atomic E-state index is -0.116. The molecule has 1 rings (SSSR count). The number of ether oxygens (including phenoxy) is 1. The fraction of sp³-hybridized carbons (Fsp3) is 0.636. The fourth-order valence-electron chi connectivity index (χ4n) is 1.50. The van der Waals surface area contributed by atoms with Gasteiger partial charge in [0.05, 0.1) is 5.60 Å². The Hall–Kier alpha value is -0.380. The second-order valence-corrected chi connectivity index (χ2v) is 5.04. The second kappa shape index (κ2) is 4.91. The van der Waals surface area contributed by atoms with Crippen LogP contribution in [0.1, 0.15) is 25.8 Å². The molecule has 0 aliphatic rings. The Morgan fingerprint density at radius 3 is 2.79 bits per heavy atom. The van der Waals surface area contributed by atoms with Crippen LogP contribution >= 0.6 is 11.3 Å². The SMILES string of the molecule is COC(C)(C)CC(N)Cc1ccsc1. The van der Waals surface area contributed by atoms with Crippen LogP contribution in [0.2, 0.25) is 0 Å². The monoisotopic (exact) mass is 213 g/mol. The number of hydrogen-bond acceptors (Lipinski definition) is 3. The van der Waals surface area contributed by atoms with E-state index in [4.69, 9.17) is 10.5 Å². The molecule has 14 heavy (non-hydrogen) atoms. The number of nitrogens with two attached hydrogens (primary N) is 1. The van der Waals surface area contributed by atoms with Gasteiger partial charge in [0.25, 0.3) is 0 Å². The normalized spacial score (nSPS) is 14.3. The van der Waals surface area contributed by atoms with E-state index in [1.807, 2.05) is 0 Å². The lowest BCUT2D eigenvalue weighted by Gasteiger charge is -2.26. The summed E-state index contributed by atoms with van der Waals surface area (Å²) >= 11 is 1.72. The third-order valence-corrected chi connectivity index (χ3v) is 3.12. The average Bonchev–Trinajstić information content (AvgIpc) is 2.55. The molecule has 1 aromatic heterocycles. The van der Waals surface area contributed by atoms with Crippen molar-refractivity contribution in [3.8, 4) is 0 Å². The lowest BCUT2D eigenvalue weighted by molar-refractivity contribution is 0.0102. The van der Waals surface area contributed by atoms with Gasteiger partial charge in [0.1, 0.15) is 0 Å². The van der Waals surface area contributed by atoms with Gasteiger partial charge in [-0.25, -0.2) is 0 Å². The molecule has 1 atom stereocenters. The van der Waals surface area contributed by atoms with Crippen LogP contribution in [0.3, 0.4) is 0 Å². The molecule has 1 unspecified atom stereocenters. The van der Waals surface area contributed by atoms with Crippen LogP contribution in [-0.2, 0) is 11.2 Å². The summed E-state index contributed by atoms with van der Waals surface area (Å²) in [6.45, 7) is 4.14. The van der Waals surface area contributed by atoms with Crippen molar-refractivity contribution in [3.63, 3.8) is 0 Å². The summed E-state index contributed by atoms with van der Waals surface area (Å²) < 4.78 is 5.35. The van der Waals surface area contributed by atoms with E-state index in [2.05, 4.69) is 30.7 Å². The summed E-state index contributed by atoms with van der Waals surface area (Å²) in [4.78, 5) is 0. The fourth-order valence-corrected chi connectivity index (χ4v) is 2.18. The van der Waals surface area contributed by atoms with Crippen molar-refractivity contribution in [2.45, 2.75) is 38.3 Å². The molecule has 0 fully saturated rings. The van der Waals surface area contributed by atoms with E-state index in [-0.39, 0.29) is 11.6 Å². The van der Waals surface area contributed by atoms with E-state index in [1.165, 1.54) is 5.56 Å². The summed E-state index contributed by atoms with van der Waals surface area (Å²) in [6.07, 6.45) is 1.83. The first-order valence-corrected chi connectivity index (χ1v) is 5.79. The van der Waals surface area contributed by atoms with Crippen molar-refractivity contribution < 1.29 is 4.74 Å². The van der Waals surface area contributed by atoms with Crippen LogP contribution in [0.15, 0.2) is 16.8 Å². The molecule has 0 aromatic carbocycles. The molecule has 1 aromatic rings. The van der Waals surface area contributed by atoms with E-state index < -0.39 is 0 Å². The van der Waals surface area contributed by atoms with Gasteiger partial charge in [0.15, 0.2) is 0 Å². The van der Waals surface area contributed by atoms with Gasteiger partial charge in [-0.1, -0.05) is 0 Å². The molecule has 80 valence electrons. The Morgan fingerprint density at radius 2 is 2.29 bits per heavy atom. The summed E-state index contributed by atoms with van der Waals surface area (Å²) in [5.74, 6) is 0. The highest BCUT2D eigenvalue weighted by Gasteiger charge is 2.20. The van der Waals surface area contributed by atoms with Gasteiger partial charge in [0.2, 0.25) is 0 Å². The Labute approximate surface area is 90.1 Å². The molecule has 1 heterocycles. The zero-order valence-electron chi connectivity index (χ0n) is 9.12. The Balaban J connectivity index is 2.40. The van der Waals surface area contributed by atoms with Crippen LogP contribution in [0.5, 0.6) is 0 Å². The number of thiophene rings is 1. The van der Waals surface area contributed by atoms with Gasteiger partial charge in [-0.3, -0.25) is 0 Å². The molecule has 0 bridgehead atoms. The van der Waals surface area contributed by atoms with Crippen LogP contribution in [0.25, 0.3) is 0 Å². The highest BCUT2D eigenvalue weighted by atomic mass is 32.1. The zero-order chi connectivity index (χ0) is 10.6. The van der Waals surface area contributed by atoms with Crippen molar-refractivity contribution in [2.24, 2.45) is 5.73 Å². The molecule has 0 saturated heterocycles.